The zero-order valence-corrected chi connectivity index (χ0v) is 13.3. The van der Waals surface area contributed by atoms with Gasteiger partial charge in [0.2, 0.25) is 0 Å². The molecule has 3 nitrogen and oxygen atoms in total. The Bertz CT molecular complexity index is 442. The van der Waals surface area contributed by atoms with Crippen LogP contribution in [0.2, 0.25) is 0 Å². The second-order valence-electron chi connectivity index (χ2n) is 6.69. The third-order valence-corrected chi connectivity index (χ3v) is 5.59. The second kappa shape index (κ2) is 6.45. The van der Waals surface area contributed by atoms with Gasteiger partial charge in [0.1, 0.15) is 0 Å². The zero-order chi connectivity index (χ0) is 14.7. The van der Waals surface area contributed by atoms with Crippen molar-refractivity contribution < 1.29 is 4.74 Å². The van der Waals surface area contributed by atoms with Gasteiger partial charge in [-0.2, -0.15) is 0 Å². The van der Waals surface area contributed by atoms with Gasteiger partial charge in [0, 0.05) is 36.5 Å². The predicted octanol–water partition coefficient (Wildman–Crippen LogP) is 3.86. The summed E-state index contributed by atoms with van der Waals surface area (Å²) in [5.41, 5.74) is 1.73. The first kappa shape index (κ1) is 15.0. The van der Waals surface area contributed by atoms with E-state index in [1.54, 1.807) is 0 Å². The van der Waals surface area contributed by atoms with Gasteiger partial charge < -0.3 is 10.1 Å². The molecule has 0 aromatic carbocycles. The van der Waals surface area contributed by atoms with E-state index in [1.165, 1.54) is 44.1 Å². The zero-order valence-electron chi connectivity index (χ0n) is 13.3. The van der Waals surface area contributed by atoms with Gasteiger partial charge in [0.15, 0.2) is 0 Å². The maximum atomic E-state index is 6.04. The lowest BCUT2D eigenvalue weighted by molar-refractivity contribution is -0.152. The van der Waals surface area contributed by atoms with Crippen LogP contribution in [0.5, 0.6) is 0 Å². The molecule has 3 heteroatoms. The van der Waals surface area contributed by atoms with Crippen LogP contribution in [0.4, 0.5) is 0 Å². The van der Waals surface area contributed by atoms with Crippen molar-refractivity contribution in [3.05, 3.63) is 30.1 Å². The van der Waals surface area contributed by atoms with Gasteiger partial charge in [-0.25, -0.2) is 0 Å². The first-order valence-electron chi connectivity index (χ1n) is 8.54. The molecule has 1 aromatic rings. The van der Waals surface area contributed by atoms with Gasteiger partial charge in [0.25, 0.3) is 0 Å². The highest BCUT2D eigenvalue weighted by Crippen LogP contribution is 2.53. The van der Waals surface area contributed by atoms with E-state index in [-0.39, 0.29) is 0 Å². The first-order valence-corrected chi connectivity index (χ1v) is 8.54. The minimum Gasteiger partial charge on any atom is -0.378 e. The van der Waals surface area contributed by atoms with Crippen molar-refractivity contribution in [3.63, 3.8) is 0 Å². The highest BCUT2D eigenvalue weighted by molar-refractivity contribution is 5.17. The van der Waals surface area contributed by atoms with Crippen molar-refractivity contribution in [2.75, 3.05) is 6.61 Å². The summed E-state index contributed by atoms with van der Waals surface area (Å²) < 4.78 is 6.04. The molecule has 3 rings (SSSR count). The molecule has 116 valence electrons. The van der Waals surface area contributed by atoms with Gasteiger partial charge in [-0.3, -0.25) is 4.98 Å². The van der Waals surface area contributed by atoms with Gasteiger partial charge in [-0.05, 0) is 50.8 Å². The van der Waals surface area contributed by atoms with E-state index in [1.807, 2.05) is 12.4 Å². The molecule has 1 spiro atoms. The summed E-state index contributed by atoms with van der Waals surface area (Å²) in [6.45, 7) is 5.23. The smallest absolute Gasteiger partial charge is 0.0661 e. The Morgan fingerprint density at radius 1 is 1.29 bits per heavy atom. The van der Waals surface area contributed by atoms with Crippen LogP contribution in [-0.2, 0) is 4.74 Å². The predicted molar refractivity (Wildman–Crippen MR) is 85.1 cm³/mol. The van der Waals surface area contributed by atoms with E-state index in [9.17, 15) is 0 Å². The molecule has 21 heavy (non-hydrogen) atoms. The Hall–Kier alpha value is -0.930. The molecule has 2 saturated carbocycles. The van der Waals surface area contributed by atoms with Crippen LogP contribution in [0.1, 0.15) is 64.0 Å². The third kappa shape index (κ3) is 2.86. The number of nitrogens with zero attached hydrogens (tertiary/aromatic N) is 1. The fourth-order valence-corrected chi connectivity index (χ4v) is 4.35. The minimum atomic E-state index is 0.388. The van der Waals surface area contributed by atoms with E-state index >= 15 is 0 Å². The van der Waals surface area contributed by atoms with E-state index < -0.39 is 0 Å². The maximum absolute atomic E-state index is 6.04. The number of nitrogens with one attached hydrogen (secondary N) is 1. The summed E-state index contributed by atoms with van der Waals surface area (Å²) in [6.07, 6.45) is 12.2. The largest absolute Gasteiger partial charge is 0.378 e. The lowest BCUT2D eigenvalue weighted by atomic mass is 9.55. The van der Waals surface area contributed by atoms with Crippen LogP contribution in [0.15, 0.2) is 24.5 Å². The van der Waals surface area contributed by atoms with E-state index in [4.69, 9.17) is 4.74 Å². The Morgan fingerprint density at radius 2 is 2.00 bits per heavy atom. The molecule has 3 atom stereocenters. The molecule has 2 aliphatic rings. The summed E-state index contributed by atoms with van der Waals surface area (Å²) in [5.74, 6) is 0. The van der Waals surface area contributed by atoms with Crippen molar-refractivity contribution in [2.24, 2.45) is 5.41 Å². The Kier molecular flexibility index (Phi) is 4.60. The lowest BCUT2D eigenvalue weighted by Gasteiger charge is -2.58. The van der Waals surface area contributed by atoms with Gasteiger partial charge in [-0.15, -0.1) is 0 Å². The highest BCUT2D eigenvalue weighted by atomic mass is 16.5. The lowest BCUT2D eigenvalue weighted by Crippen LogP contribution is -2.64. The van der Waals surface area contributed by atoms with Crippen molar-refractivity contribution in [3.8, 4) is 0 Å². The van der Waals surface area contributed by atoms with Crippen LogP contribution in [0.25, 0.3) is 0 Å². The molecule has 0 bridgehead atoms. The number of ether oxygens (including phenoxy) is 1. The van der Waals surface area contributed by atoms with E-state index in [0.717, 1.165) is 6.61 Å². The normalized spacial score (nSPS) is 29.0. The number of pyridine rings is 1. The quantitative estimate of drug-likeness (QED) is 0.893. The van der Waals surface area contributed by atoms with Crippen LogP contribution in [0, 0.1) is 5.41 Å². The van der Waals surface area contributed by atoms with Gasteiger partial charge >= 0.3 is 0 Å². The number of hydrogen-bond acceptors (Lipinski definition) is 3. The molecule has 0 saturated heterocycles. The maximum Gasteiger partial charge on any atom is 0.0661 e. The summed E-state index contributed by atoms with van der Waals surface area (Å²) in [6, 6.07) is 5.23. The van der Waals surface area contributed by atoms with Crippen LogP contribution < -0.4 is 5.32 Å². The average molecular weight is 288 g/mol. The summed E-state index contributed by atoms with van der Waals surface area (Å²) in [7, 11) is 0. The third-order valence-electron chi connectivity index (χ3n) is 5.59. The molecule has 1 heterocycles. The topological polar surface area (TPSA) is 34.1 Å². The Labute approximate surface area is 128 Å². The number of hydrogen-bond donors (Lipinski definition) is 1. The number of aromatic nitrogens is 1. The molecular weight excluding hydrogens is 260 g/mol. The van der Waals surface area contributed by atoms with Crippen LogP contribution in [0.3, 0.4) is 0 Å². The standard InChI is InChI=1S/C18H28N2O/c1-3-21-17-13-16(18(17)9-5-4-6-10-18)20-14(2)15-7-11-19-12-8-15/h7-8,11-12,14,16-17,20H,3-6,9-10,13H2,1-2H3/t14-,16?,17?/m1/s1. The molecule has 1 N–H and O–H groups in total. The SMILES string of the molecule is CCOC1CC(N[C@H](C)c2ccncc2)C12CCCCC2. The van der Waals surface area contributed by atoms with Crippen LogP contribution >= 0.6 is 0 Å². The number of rotatable bonds is 5. The van der Waals surface area contributed by atoms with Gasteiger partial charge in [-0.1, -0.05) is 19.3 Å². The molecule has 2 fully saturated rings. The fraction of sp³-hybridized carbons (Fsp3) is 0.722. The second-order valence-corrected chi connectivity index (χ2v) is 6.69. The van der Waals surface area contributed by atoms with Crippen molar-refractivity contribution in [2.45, 2.75) is 70.6 Å². The minimum absolute atomic E-state index is 0.388. The Morgan fingerprint density at radius 3 is 2.67 bits per heavy atom. The highest BCUT2D eigenvalue weighted by Gasteiger charge is 2.55. The summed E-state index contributed by atoms with van der Waals surface area (Å²) >= 11 is 0. The molecule has 2 unspecified atom stereocenters. The molecular formula is C18H28N2O. The van der Waals surface area contributed by atoms with E-state index in [2.05, 4.69) is 36.3 Å². The van der Waals surface area contributed by atoms with Crippen molar-refractivity contribution >= 4 is 0 Å². The molecule has 0 amide bonds. The Balaban J connectivity index is 1.67. The van der Waals surface area contributed by atoms with Crippen molar-refractivity contribution in [1.29, 1.82) is 0 Å². The first-order chi connectivity index (χ1) is 10.3. The average Bonchev–Trinajstić information content (AvgIpc) is 2.55. The molecule has 0 aliphatic heterocycles. The van der Waals surface area contributed by atoms with Gasteiger partial charge in [0.05, 0.1) is 6.10 Å². The molecule has 1 aromatic heterocycles. The molecule has 0 radical (unpaired) electrons. The fourth-order valence-electron chi connectivity index (χ4n) is 4.35. The summed E-state index contributed by atoms with van der Waals surface area (Å²) in [4.78, 5) is 4.11. The molecule has 2 aliphatic carbocycles. The summed E-state index contributed by atoms with van der Waals surface area (Å²) in [5, 5.41) is 3.87. The van der Waals surface area contributed by atoms with Crippen molar-refractivity contribution in [1.82, 2.24) is 10.3 Å². The monoisotopic (exact) mass is 288 g/mol. The van der Waals surface area contributed by atoms with E-state index in [0.29, 0.717) is 23.6 Å². The van der Waals surface area contributed by atoms with Crippen LogP contribution in [-0.4, -0.2) is 23.7 Å².